The van der Waals surface area contributed by atoms with Gasteiger partial charge in [-0.05, 0) is 15.2 Å². The van der Waals surface area contributed by atoms with Crippen LogP contribution in [0.1, 0.15) is 27.2 Å². The van der Waals surface area contributed by atoms with Gasteiger partial charge in [0.2, 0.25) is 0 Å². The summed E-state index contributed by atoms with van der Waals surface area (Å²) in [4.78, 5) is 22.4. The van der Waals surface area contributed by atoms with Gasteiger partial charge < -0.3 is 14.8 Å². The molecule has 0 aromatic carbocycles. The summed E-state index contributed by atoms with van der Waals surface area (Å²) >= 11 is 0. The molecule has 2 rings (SSSR count). The van der Waals surface area contributed by atoms with E-state index in [1.807, 2.05) is 0 Å². The summed E-state index contributed by atoms with van der Waals surface area (Å²) in [7, 11) is 3.75. The van der Waals surface area contributed by atoms with Crippen LogP contribution in [-0.4, -0.2) is 84.3 Å². The van der Waals surface area contributed by atoms with Gasteiger partial charge in [-0.15, -0.1) is 12.4 Å². The number of hydrogen-bond donors (Lipinski definition) is 1. The number of esters is 2. The smallest absolute Gasteiger partial charge is 0.330 e. The fourth-order valence-electron chi connectivity index (χ4n) is 1.76. The minimum absolute atomic E-state index is 0. The van der Waals surface area contributed by atoms with E-state index in [0.717, 1.165) is 6.08 Å². The molecule has 1 N–H and O–H groups in total. The fraction of sp³-hybridized carbons (Fsp3) is 0.722. The van der Waals surface area contributed by atoms with E-state index in [1.165, 1.54) is 11.8 Å². The monoisotopic (exact) mass is 714 g/mol. The minimum Gasteiger partial charge on any atom is -0.466 e. The molecular formula is C18H31BClF4N3O4U. The van der Waals surface area contributed by atoms with Gasteiger partial charge in [-0.2, -0.15) is 5.26 Å². The van der Waals surface area contributed by atoms with Crippen molar-refractivity contribution in [3.63, 3.8) is 0 Å². The number of rotatable bonds is 6. The van der Waals surface area contributed by atoms with Crippen LogP contribution >= 0.6 is 12.4 Å². The summed E-state index contributed by atoms with van der Waals surface area (Å²) in [5.41, 5.74) is 0. The first kappa shape index (κ1) is 38.5. The molecule has 0 aromatic heterocycles. The molecule has 32 heavy (non-hydrogen) atoms. The van der Waals surface area contributed by atoms with Crippen LogP contribution in [0.15, 0.2) is 12.7 Å². The summed E-state index contributed by atoms with van der Waals surface area (Å²) in [5.74, 6) is -5.62. The molecule has 0 aromatic rings. The Morgan fingerprint density at radius 1 is 1.19 bits per heavy atom. The molecule has 2 saturated heterocycles. The summed E-state index contributed by atoms with van der Waals surface area (Å²) in [6, 6.07) is 1.75. The van der Waals surface area contributed by atoms with Crippen LogP contribution in [0.25, 0.3) is 0 Å². The summed E-state index contributed by atoms with van der Waals surface area (Å²) in [6.07, 6.45) is 1.34. The molecule has 0 amide bonds. The van der Waals surface area contributed by atoms with Crippen LogP contribution in [0.5, 0.6) is 0 Å². The van der Waals surface area contributed by atoms with Crippen LogP contribution in [0, 0.1) is 42.4 Å². The van der Waals surface area contributed by atoms with E-state index < -0.39 is 11.8 Å². The maximum atomic E-state index is 12.3. The molecule has 2 aliphatic heterocycles. The van der Waals surface area contributed by atoms with Crippen molar-refractivity contribution in [1.29, 1.82) is 6.60 Å². The Balaban J connectivity index is -0.000000112. The first-order valence-corrected chi connectivity index (χ1v) is 8.91. The number of halogens is 5. The Morgan fingerprint density at radius 2 is 1.59 bits per heavy atom. The first-order chi connectivity index (χ1) is 14.5. The van der Waals surface area contributed by atoms with E-state index in [-0.39, 0.29) is 88.1 Å². The van der Waals surface area contributed by atoms with Gasteiger partial charge in [0.25, 0.3) is 11.8 Å². The van der Waals surface area contributed by atoms with Crippen molar-refractivity contribution in [2.45, 2.75) is 39.0 Å². The standard InChI is InChI=1S/C8H13F2NO2.C5H8O2.C3H5F2N.C2H3N.BH.ClH.U/c1-2-13-7(12)3-4-11-5-8(9,10)6-11;1-3-5(6)7-4-2;4-3(5)1-6-2-3;1-2-3;;;/h2-6H2,1H3;3H,1,4H2,2H3;6H,1-2H2;1H3;2*1H;/i;;;;1D;;. The van der Waals surface area contributed by atoms with E-state index in [2.05, 4.69) is 29.7 Å². The Morgan fingerprint density at radius 3 is 1.81 bits per heavy atom. The van der Waals surface area contributed by atoms with Gasteiger partial charge in [0, 0.05) is 59.0 Å². The number of hydrogen-bond acceptors (Lipinski definition) is 7. The summed E-state index contributed by atoms with van der Waals surface area (Å²) in [5, 5.41) is 9.77. The number of ether oxygens (including phenoxy) is 2. The summed E-state index contributed by atoms with van der Waals surface area (Å²) in [6.45, 7) is 8.51. The molecular weight excluding hydrogens is 683 g/mol. The molecule has 2 aliphatic rings. The molecule has 7 nitrogen and oxygen atoms in total. The number of nitrogens with zero attached hydrogens (tertiary/aromatic N) is 2. The van der Waals surface area contributed by atoms with Crippen LogP contribution in [0.3, 0.4) is 0 Å². The van der Waals surface area contributed by atoms with Crippen molar-refractivity contribution in [3.8, 4) is 6.07 Å². The number of alkyl halides is 4. The van der Waals surface area contributed by atoms with Gasteiger partial charge in [0.1, 0.15) is 0 Å². The van der Waals surface area contributed by atoms with Crippen molar-refractivity contribution >= 4 is 32.7 Å². The average Bonchev–Trinajstić information content (AvgIpc) is 2.67. The molecule has 184 valence electrons. The zero-order valence-electron chi connectivity index (χ0n) is 19.5. The van der Waals surface area contributed by atoms with Crippen LogP contribution < -0.4 is 5.32 Å². The predicted octanol–water partition coefficient (Wildman–Crippen LogP) is 2.15. The van der Waals surface area contributed by atoms with Gasteiger partial charge in [0.15, 0.2) is 0 Å². The Kier molecular flexibility index (Phi) is 28.1. The quantitative estimate of drug-likeness (QED) is 0.195. The van der Waals surface area contributed by atoms with E-state index in [0.29, 0.717) is 19.8 Å². The number of nitrogens with one attached hydrogen (secondary N) is 1. The first-order valence-electron chi connectivity index (χ1n) is 9.49. The number of carbonyl (C=O) groups excluding carboxylic acids is 2. The van der Waals surface area contributed by atoms with E-state index >= 15 is 0 Å². The average molecular weight is 715 g/mol. The maximum Gasteiger partial charge on any atom is 0.330 e. The van der Waals surface area contributed by atoms with Crippen molar-refractivity contribution in [2.24, 2.45) is 0 Å². The van der Waals surface area contributed by atoms with Gasteiger partial charge in [-0.25, -0.2) is 22.4 Å². The molecule has 14 heteroatoms. The van der Waals surface area contributed by atoms with Crippen molar-refractivity contribution in [2.75, 3.05) is 45.9 Å². The molecule has 0 saturated carbocycles. The SMILES string of the molecule is C=CC(=O)OCC.CC#N.CCOC(=O)CCN1CC(F)(F)C1.Cl.FC1(F)CNC1.[2H][B].[U]. The number of carbonyl (C=O) groups is 2. The van der Waals surface area contributed by atoms with Gasteiger partial charge in [-0.3, -0.25) is 9.69 Å². The molecule has 0 unspecified atom stereocenters. The second-order valence-corrected chi connectivity index (χ2v) is 5.76. The number of likely N-dealkylation sites (tertiary alicyclic amines) is 1. The fourth-order valence-corrected chi connectivity index (χ4v) is 1.76. The Labute approximate surface area is 220 Å². The van der Waals surface area contributed by atoms with Crippen LogP contribution in [0.2, 0.25) is 0 Å². The van der Waals surface area contributed by atoms with Crippen molar-refractivity contribution in [3.05, 3.63) is 12.7 Å². The largest absolute Gasteiger partial charge is 0.466 e. The topological polar surface area (TPSA) is 91.7 Å². The van der Waals surface area contributed by atoms with E-state index in [4.69, 9.17) is 6.60 Å². The number of nitriles is 1. The maximum absolute atomic E-state index is 12.3. The van der Waals surface area contributed by atoms with Gasteiger partial charge in [-0.1, -0.05) is 6.58 Å². The third-order valence-corrected chi connectivity index (χ3v) is 3.07. The second-order valence-electron chi connectivity index (χ2n) is 5.76. The zero-order chi connectivity index (χ0) is 24.9. The van der Waals surface area contributed by atoms with Gasteiger partial charge in [0.05, 0.1) is 51.9 Å². The van der Waals surface area contributed by atoms with E-state index in [1.54, 1.807) is 19.9 Å². The molecule has 0 spiro atoms. The normalized spacial score (nSPS) is 16.0. The molecule has 2 heterocycles. The summed E-state index contributed by atoms with van der Waals surface area (Å²) < 4.78 is 61.9. The van der Waals surface area contributed by atoms with Crippen LogP contribution in [0.4, 0.5) is 17.6 Å². The third-order valence-electron chi connectivity index (χ3n) is 3.07. The van der Waals surface area contributed by atoms with Crippen molar-refractivity contribution in [1.82, 2.24) is 10.2 Å². The second kappa shape index (κ2) is 23.4. The van der Waals surface area contributed by atoms with E-state index in [9.17, 15) is 27.2 Å². The molecule has 2 fully saturated rings. The third kappa shape index (κ3) is 25.5. The Hall–Kier alpha value is -0.783. The Bertz CT molecular complexity index is 551. The van der Waals surface area contributed by atoms with Gasteiger partial charge >= 0.3 is 11.9 Å². The van der Waals surface area contributed by atoms with Crippen LogP contribution in [-0.2, 0) is 19.1 Å². The zero-order valence-corrected chi connectivity index (χ0v) is 23.4. The molecule has 0 aliphatic carbocycles. The predicted molar refractivity (Wildman–Crippen MR) is 113 cm³/mol. The van der Waals surface area contributed by atoms with Crippen molar-refractivity contribution < 1.29 is 67.7 Å². The minimum atomic E-state index is -2.55. The molecule has 0 bridgehead atoms. The molecule has 0 atom stereocenters. The molecule has 2 radical (unpaired) electrons.